The molecule has 1 aliphatic carbocycles. The Hall–Kier alpha value is -1.91. The van der Waals surface area contributed by atoms with Gasteiger partial charge in [-0.05, 0) is 44.4 Å². The molecule has 0 aromatic heterocycles. The van der Waals surface area contributed by atoms with Crippen molar-refractivity contribution in [2.45, 2.75) is 44.6 Å². The minimum Gasteiger partial charge on any atom is -0.481 e. The number of halogens is 1. The van der Waals surface area contributed by atoms with Crippen molar-refractivity contribution in [1.29, 1.82) is 0 Å². The van der Waals surface area contributed by atoms with E-state index >= 15 is 0 Å². The highest BCUT2D eigenvalue weighted by Gasteiger charge is 2.53. The van der Waals surface area contributed by atoms with Crippen LogP contribution in [-0.4, -0.2) is 34.5 Å². The van der Waals surface area contributed by atoms with Crippen LogP contribution in [-0.2, 0) is 15.0 Å². The van der Waals surface area contributed by atoms with Crippen LogP contribution in [0.4, 0.5) is 4.39 Å². The Labute approximate surface area is 123 Å². The predicted molar refractivity (Wildman–Crippen MR) is 76.4 cm³/mol. The monoisotopic (exact) mass is 293 g/mol. The van der Waals surface area contributed by atoms with Gasteiger partial charge in [-0.25, -0.2) is 4.39 Å². The van der Waals surface area contributed by atoms with Crippen LogP contribution in [0.2, 0.25) is 0 Å². The average Bonchev–Trinajstić information content (AvgIpc) is 3.21. The van der Waals surface area contributed by atoms with E-state index < -0.39 is 11.4 Å². The van der Waals surface area contributed by atoms with Gasteiger partial charge in [-0.3, -0.25) is 9.59 Å². The van der Waals surface area contributed by atoms with E-state index in [9.17, 15) is 14.0 Å². The molecule has 0 saturated heterocycles. The van der Waals surface area contributed by atoms with Gasteiger partial charge in [-0.15, -0.1) is 0 Å². The highest BCUT2D eigenvalue weighted by Crippen LogP contribution is 2.49. The number of nitrogens with zero attached hydrogens (tertiary/aromatic N) is 1. The molecule has 1 N–H and O–H groups in total. The Kier molecular flexibility index (Phi) is 4.30. The first-order chi connectivity index (χ1) is 9.90. The van der Waals surface area contributed by atoms with Crippen molar-refractivity contribution in [3.05, 3.63) is 35.6 Å². The van der Waals surface area contributed by atoms with Crippen LogP contribution in [0.15, 0.2) is 24.3 Å². The van der Waals surface area contributed by atoms with Gasteiger partial charge in [0.05, 0.1) is 11.8 Å². The number of carbonyl (C=O) groups is 2. The number of aliphatic carboxylic acids is 1. The zero-order chi connectivity index (χ0) is 15.6. The molecule has 0 aliphatic heterocycles. The lowest BCUT2D eigenvalue weighted by molar-refractivity contribution is -0.141. The topological polar surface area (TPSA) is 57.6 Å². The standard InChI is InChI=1S/C16H20FNO3/c1-3-18(11(2)10-14(19)20)15(21)16(8-9-16)12-4-6-13(17)7-5-12/h4-7,11H,3,8-10H2,1-2H3,(H,19,20). The molecule has 1 aliphatic rings. The molecule has 114 valence electrons. The third-order valence-corrected chi connectivity index (χ3v) is 4.16. The molecule has 0 heterocycles. The van der Waals surface area contributed by atoms with E-state index in [1.54, 1.807) is 24.0 Å². The second-order valence-electron chi connectivity index (χ2n) is 5.63. The smallest absolute Gasteiger partial charge is 0.305 e. The van der Waals surface area contributed by atoms with Crippen molar-refractivity contribution < 1.29 is 19.1 Å². The number of likely N-dealkylation sites (N-methyl/N-ethyl adjacent to an activating group) is 1. The molecule has 1 amide bonds. The van der Waals surface area contributed by atoms with Crippen LogP contribution < -0.4 is 0 Å². The second kappa shape index (κ2) is 5.84. The van der Waals surface area contributed by atoms with Crippen molar-refractivity contribution in [1.82, 2.24) is 4.90 Å². The molecule has 0 bridgehead atoms. The van der Waals surface area contributed by atoms with Gasteiger partial charge in [0.1, 0.15) is 5.82 Å². The van der Waals surface area contributed by atoms with Gasteiger partial charge in [0.25, 0.3) is 0 Å². The molecular weight excluding hydrogens is 273 g/mol. The lowest BCUT2D eigenvalue weighted by Gasteiger charge is -2.31. The molecule has 1 fully saturated rings. The molecule has 1 aromatic carbocycles. The maximum atomic E-state index is 13.0. The minimum absolute atomic E-state index is 0.0506. The molecule has 4 nitrogen and oxygen atoms in total. The summed E-state index contributed by atoms with van der Waals surface area (Å²) in [6, 6.07) is 5.67. The summed E-state index contributed by atoms with van der Waals surface area (Å²) >= 11 is 0. The Balaban J connectivity index is 2.20. The van der Waals surface area contributed by atoms with Crippen molar-refractivity contribution in [3.63, 3.8) is 0 Å². The molecule has 5 heteroatoms. The summed E-state index contributed by atoms with van der Waals surface area (Å²) in [5.74, 6) is -1.29. The molecule has 21 heavy (non-hydrogen) atoms. The number of amides is 1. The summed E-state index contributed by atoms with van der Waals surface area (Å²) in [6.07, 6.45) is 1.39. The summed E-state index contributed by atoms with van der Waals surface area (Å²) in [7, 11) is 0. The fourth-order valence-electron chi connectivity index (χ4n) is 2.81. The fraction of sp³-hybridized carbons (Fsp3) is 0.500. The van der Waals surface area contributed by atoms with Gasteiger partial charge in [-0.1, -0.05) is 12.1 Å². The van der Waals surface area contributed by atoms with Gasteiger partial charge in [-0.2, -0.15) is 0 Å². The Bertz CT molecular complexity index is 537. The van der Waals surface area contributed by atoms with Crippen LogP contribution >= 0.6 is 0 Å². The number of carbonyl (C=O) groups excluding carboxylic acids is 1. The molecule has 0 spiro atoms. The van der Waals surface area contributed by atoms with Gasteiger partial charge in [0, 0.05) is 12.6 Å². The summed E-state index contributed by atoms with van der Waals surface area (Å²) in [6.45, 7) is 4.06. The third kappa shape index (κ3) is 3.06. The minimum atomic E-state index is -0.916. The first-order valence-corrected chi connectivity index (χ1v) is 7.19. The molecule has 2 rings (SSSR count). The largest absolute Gasteiger partial charge is 0.481 e. The van der Waals surface area contributed by atoms with Crippen molar-refractivity contribution in [3.8, 4) is 0 Å². The van der Waals surface area contributed by atoms with Gasteiger partial charge < -0.3 is 10.0 Å². The summed E-state index contributed by atoms with van der Waals surface area (Å²) in [4.78, 5) is 25.3. The molecule has 1 aromatic rings. The predicted octanol–water partition coefficient (Wildman–Crippen LogP) is 2.57. The number of hydrogen-bond acceptors (Lipinski definition) is 2. The number of hydrogen-bond donors (Lipinski definition) is 1. The van der Waals surface area contributed by atoms with E-state index in [0.717, 1.165) is 18.4 Å². The van der Waals surface area contributed by atoms with Gasteiger partial charge in [0.15, 0.2) is 0 Å². The van der Waals surface area contributed by atoms with E-state index in [-0.39, 0.29) is 24.2 Å². The fourth-order valence-corrected chi connectivity index (χ4v) is 2.81. The van der Waals surface area contributed by atoms with Crippen LogP contribution in [0.3, 0.4) is 0 Å². The molecule has 0 radical (unpaired) electrons. The van der Waals surface area contributed by atoms with E-state index in [0.29, 0.717) is 6.54 Å². The average molecular weight is 293 g/mol. The summed E-state index contributed by atoms with van der Waals surface area (Å²) < 4.78 is 13.0. The number of benzene rings is 1. The first-order valence-electron chi connectivity index (χ1n) is 7.19. The van der Waals surface area contributed by atoms with Crippen molar-refractivity contribution in [2.24, 2.45) is 0 Å². The van der Waals surface area contributed by atoms with Crippen molar-refractivity contribution in [2.75, 3.05) is 6.54 Å². The summed E-state index contributed by atoms with van der Waals surface area (Å²) in [5, 5.41) is 8.90. The third-order valence-electron chi connectivity index (χ3n) is 4.16. The SMILES string of the molecule is CCN(C(=O)C1(c2ccc(F)cc2)CC1)C(C)CC(=O)O. The van der Waals surface area contributed by atoms with Gasteiger partial charge >= 0.3 is 5.97 Å². The second-order valence-corrected chi connectivity index (χ2v) is 5.63. The number of carboxylic acids is 1. The van der Waals surface area contributed by atoms with E-state index in [4.69, 9.17) is 5.11 Å². The first kappa shape index (κ1) is 15.5. The quantitative estimate of drug-likeness (QED) is 0.877. The van der Waals surface area contributed by atoms with Crippen LogP contribution in [0.1, 0.15) is 38.7 Å². The van der Waals surface area contributed by atoms with Crippen molar-refractivity contribution >= 4 is 11.9 Å². The van der Waals surface area contributed by atoms with Crippen LogP contribution in [0.5, 0.6) is 0 Å². The lowest BCUT2D eigenvalue weighted by Crippen LogP contribution is -2.45. The maximum absolute atomic E-state index is 13.0. The van der Waals surface area contributed by atoms with E-state index in [1.807, 2.05) is 6.92 Å². The normalized spacial score (nSPS) is 17.1. The Morgan fingerprint density at radius 1 is 1.33 bits per heavy atom. The van der Waals surface area contributed by atoms with Gasteiger partial charge in [0.2, 0.25) is 5.91 Å². The number of rotatable bonds is 6. The number of carboxylic acid groups (broad SMARTS) is 1. The van der Waals surface area contributed by atoms with Crippen LogP contribution in [0.25, 0.3) is 0 Å². The van der Waals surface area contributed by atoms with E-state index in [1.165, 1.54) is 12.1 Å². The Morgan fingerprint density at radius 3 is 2.33 bits per heavy atom. The van der Waals surface area contributed by atoms with E-state index in [2.05, 4.69) is 0 Å². The van der Waals surface area contributed by atoms with Crippen LogP contribution in [0, 0.1) is 5.82 Å². The molecular formula is C16H20FNO3. The highest BCUT2D eigenvalue weighted by molar-refractivity contribution is 5.91. The zero-order valence-electron chi connectivity index (χ0n) is 12.3. The molecule has 1 atom stereocenters. The Morgan fingerprint density at radius 2 is 1.90 bits per heavy atom. The highest BCUT2D eigenvalue weighted by atomic mass is 19.1. The lowest BCUT2D eigenvalue weighted by atomic mass is 9.93. The zero-order valence-corrected chi connectivity index (χ0v) is 12.3. The molecule has 1 unspecified atom stereocenters. The summed E-state index contributed by atoms with van der Waals surface area (Å²) in [5.41, 5.74) is 0.228. The maximum Gasteiger partial charge on any atom is 0.305 e. The molecule has 1 saturated carbocycles.